The lowest BCUT2D eigenvalue weighted by Gasteiger charge is -2.28. The molecule has 0 saturated carbocycles. The van der Waals surface area contributed by atoms with Crippen molar-refractivity contribution in [2.45, 2.75) is 26.2 Å². The summed E-state index contributed by atoms with van der Waals surface area (Å²) in [6, 6.07) is 8.62. The van der Waals surface area contributed by atoms with Crippen LogP contribution in [0.3, 0.4) is 0 Å². The van der Waals surface area contributed by atoms with Crippen LogP contribution in [0.5, 0.6) is 0 Å². The highest BCUT2D eigenvalue weighted by Gasteiger charge is 2.18. The van der Waals surface area contributed by atoms with E-state index in [9.17, 15) is 0 Å². The van der Waals surface area contributed by atoms with Gasteiger partial charge in [-0.15, -0.1) is 0 Å². The number of imidazole rings is 1. The first kappa shape index (κ1) is 18.2. The van der Waals surface area contributed by atoms with Gasteiger partial charge >= 0.3 is 0 Å². The summed E-state index contributed by atoms with van der Waals surface area (Å²) in [7, 11) is 2.05. The van der Waals surface area contributed by atoms with Gasteiger partial charge in [-0.2, -0.15) is 5.10 Å². The molecule has 6 rings (SSSR count). The van der Waals surface area contributed by atoms with Gasteiger partial charge in [0.2, 0.25) is 0 Å². The number of rotatable bonds is 3. The molecule has 7 heteroatoms. The number of aryl methyl sites for hydroxylation is 1. The van der Waals surface area contributed by atoms with Gasteiger partial charge in [0.15, 0.2) is 0 Å². The van der Waals surface area contributed by atoms with Gasteiger partial charge in [0.1, 0.15) is 11.5 Å². The molecular formula is C24H25N7. The number of aromatic amines is 2. The molecule has 7 nitrogen and oxygen atoms in total. The van der Waals surface area contributed by atoms with E-state index in [0.717, 1.165) is 58.0 Å². The summed E-state index contributed by atoms with van der Waals surface area (Å²) in [4.78, 5) is 15.0. The van der Waals surface area contributed by atoms with Crippen LogP contribution in [0.1, 0.15) is 25.1 Å². The highest BCUT2D eigenvalue weighted by atomic mass is 15.1. The van der Waals surface area contributed by atoms with Crippen molar-refractivity contribution in [3.05, 3.63) is 48.7 Å². The van der Waals surface area contributed by atoms with Gasteiger partial charge in [0, 0.05) is 36.5 Å². The first-order valence-corrected chi connectivity index (χ1v) is 10.9. The number of benzene rings is 1. The molecule has 0 radical (unpaired) electrons. The highest BCUT2D eigenvalue weighted by molar-refractivity contribution is 6.00. The zero-order valence-corrected chi connectivity index (χ0v) is 17.8. The van der Waals surface area contributed by atoms with Gasteiger partial charge in [0.25, 0.3) is 0 Å². The Morgan fingerprint density at radius 2 is 1.81 bits per heavy atom. The van der Waals surface area contributed by atoms with Crippen LogP contribution >= 0.6 is 0 Å². The van der Waals surface area contributed by atoms with Crippen molar-refractivity contribution in [1.82, 2.24) is 29.7 Å². The lowest BCUT2D eigenvalue weighted by Crippen LogP contribution is -2.29. The molecule has 156 valence electrons. The van der Waals surface area contributed by atoms with E-state index in [4.69, 9.17) is 0 Å². The van der Waals surface area contributed by atoms with Gasteiger partial charge in [-0.05, 0) is 44.4 Å². The van der Waals surface area contributed by atoms with Crippen molar-refractivity contribution >= 4 is 27.5 Å². The molecule has 1 saturated heterocycles. The molecular weight excluding hydrogens is 386 g/mol. The summed E-state index contributed by atoms with van der Waals surface area (Å²) < 4.78 is 2.11. The van der Waals surface area contributed by atoms with E-state index < -0.39 is 0 Å². The molecule has 0 atom stereocenters. The summed E-state index contributed by atoms with van der Waals surface area (Å²) in [5.74, 6) is 0.996. The number of nitrogens with zero attached hydrogens (tertiary/aromatic N) is 5. The highest BCUT2D eigenvalue weighted by Crippen LogP contribution is 2.35. The molecule has 1 aliphatic heterocycles. The third-order valence-corrected chi connectivity index (χ3v) is 6.56. The van der Waals surface area contributed by atoms with Crippen molar-refractivity contribution < 1.29 is 0 Å². The van der Waals surface area contributed by atoms with Crippen LogP contribution in [0, 0.1) is 6.92 Å². The molecule has 5 heterocycles. The topological polar surface area (TPSA) is 78.4 Å². The van der Waals surface area contributed by atoms with Crippen LogP contribution in [-0.4, -0.2) is 42.8 Å². The predicted molar refractivity (Wildman–Crippen MR) is 124 cm³/mol. The van der Waals surface area contributed by atoms with Gasteiger partial charge in [-0.25, -0.2) is 4.98 Å². The van der Waals surface area contributed by atoms with Crippen LogP contribution in [0.2, 0.25) is 0 Å². The Balaban J connectivity index is 1.47. The number of aromatic nitrogens is 6. The van der Waals surface area contributed by atoms with E-state index in [-0.39, 0.29) is 0 Å². The Morgan fingerprint density at radius 1 is 0.935 bits per heavy atom. The van der Waals surface area contributed by atoms with Crippen molar-refractivity contribution in [3.63, 3.8) is 0 Å². The van der Waals surface area contributed by atoms with E-state index in [1.165, 1.54) is 30.3 Å². The van der Waals surface area contributed by atoms with E-state index in [0.29, 0.717) is 0 Å². The number of hydrogen-bond donors (Lipinski definition) is 2. The fourth-order valence-electron chi connectivity index (χ4n) is 4.70. The molecule has 31 heavy (non-hydrogen) atoms. The molecule has 2 N–H and O–H groups in total. The van der Waals surface area contributed by atoms with Gasteiger partial charge < -0.3 is 14.5 Å². The van der Waals surface area contributed by atoms with Gasteiger partial charge in [-0.3, -0.25) is 10.1 Å². The van der Waals surface area contributed by atoms with Crippen LogP contribution in [0.15, 0.2) is 42.9 Å². The number of H-pyrrole nitrogens is 2. The van der Waals surface area contributed by atoms with Crippen molar-refractivity contribution in [2.24, 2.45) is 7.05 Å². The normalized spacial score (nSPS) is 14.7. The number of nitrogens with one attached hydrogen (secondary N) is 2. The molecule has 5 aromatic rings. The van der Waals surface area contributed by atoms with Crippen molar-refractivity contribution in [3.8, 4) is 22.6 Å². The van der Waals surface area contributed by atoms with E-state index >= 15 is 0 Å². The second kappa shape index (κ2) is 6.97. The Kier molecular flexibility index (Phi) is 4.09. The molecule has 0 aliphatic carbocycles. The average Bonchev–Trinajstić information content (AvgIpc) is 3.50. The SMILES string of the molecule is Cc1ncc(-c2ccc3[nH]nc(-c4cc5c(N6CCCCC6)cncc5[nH]4)c3c2)n1C. The lowest BCUT2D eigenvalue weighted by molar-refractivity contribution is 0.578. The third kappa shape index (κ3) is 2.91. The van der Waals surface area contributed by atoms with Gasteiger partial charge in [-0.1, -0.05) is 6.07 Å². The fraction of sp³-hybridized carbons (Fsp3) is 0.292. The molecule has 1 aliphatic rings. The Hall–Kier alpha value is -3.61. The van der Waals surface area contributed by atoms with E-state index in [2.05, 4.69) is 58.9 Å². The number of anilines is 1. The maximum absolute atomic E-state index is 4.65. The molecule has 0 unspecified atom stereocenters. The second-order valence-electron chi connectivity index (χ2n) is 8.43. The second-order valence-corrected chi connectivity index (χ2v) is 8.43. The minimum absolute atomic E-state index is 0.927. The first-order valence-electron chi connectivity index (χ1n) is 10.9. The minimum atomic E-state index is 0.927. The summed E-state index contributed by atoms with van der Waals surface area (Å²) in [6.07, 6.45) is 9.63. The zero-order valence-electron chi connectivity index (χ0n) is 17.8. The van der Waals surface area contributed by atoms with Gasteiger partial charge in [0.05, 0.1) is 46.7 Å². The zero-order chi connectivity index (χ0) is 20.9. The Labute approximate surface area is 180 Å². The monoisotopic (exact) mass is 411 g/mol. The van der Waals surface area contributed by atoms with Crippen LogP contribution in [0.25, 0.3) is 44.5 Å². The standard InChI is InChI=1S/C24H25N7/c1-15-26-14-22(30(15)2)16-6-7-19-18(10-16)24(29-28-19)20-11-17-21(27-20)12-25-13-23(17)31-8-4-3-5-9-31/h6-7,10-14,27H,3-5,8-9H2,1-2H3,(H,28,29). The molecule has 4 aromatic heterocycles. The largest absolute Gasteiger partial charge is 0.370 e. The van der Waals surface area contributed by atoms with Crippen molar-refractivity contribution in [1.29, 1.82) is 0 Å². The van der Waals surface area contributed by atoms with E-state index in [1.807, 2.05) is 32.6 Å². The van der Waals surface area contributed by atoms with Crippen LogP contribution < -0.4 is 4.90 Å². The summed E-state index contributed by atoms with van der Waals surface area (Å²) in [5.41, 5.74) is 7.44. The third-order valence-electron chi connectivity index (χ3n) is 6.56. The number of fused-ring (bicyclic) bond motifs is 2. The maximum atomic E-state index is 4.65. The number of pyridine rings is 1. The maximum Gasteiger partial charge on any atom is 0.116 e. The lowest BCUT2D eigenvalue weighted by atomic mass is 10.1. The van der Waals surface area contributed by atoms with E-state index in [1.54, 1.807) is 0 Å². The number of hydrogen-bond acceptors (Lipinski definition) is 4. The molecule has 1 fully saturated rings. The minimum Gasteiger partial charge on any atom is -0.370 e. The summed E-state index contributed by atoms with van der Waals surface area (Å²) in [6.45, 7) is 4.21. The molecule has 0 spiro atoms. The first-order chi connectivity index (χ1) is 15.2. The molecule has 1 aromatic carbocycles. The summed E-state index contributed by atoms with van der Waals surface area (Å²) in [5, 5.41) is 10.1. The van der Waals surface area contributed by atoms with Crippen LogP contribution in [-0.2, 0) is 7.05 Å². The molecule has 0 amide bonds. The molecule has 0 bridgehead atoms. The van der Waals surface area contributed by atoms with Crippen molar-refractivity contribution in [2.75, 3.05) is 18.0 Å². The average molecular weight is 412 g/mol. The summed E-state index contributed by atoms with van der Waals surface area (Å²) >= 11 is 0. The quantitative estimate of drug-likeness (QED) is 0.447. The van der Waals surface area contributed by atoms with Crippen LogP contribution in [0.4, 0.5) is 5.69 Å². The Bertz CT molecular complexity index is 1400. The smallest absolute Gasteiger partial charge is 0.116 e. The predicted octanol–water partition coefficient (Wildman–Crippen LogP) is 4.81. The fourth-order valence-corrected chi connectivity index (χ4v) is 4.70. The number of piperidine rings is 1. The Morgan fingerprint density at radius 3 is 2.61 bits per heavy atom.